The number of hydrogen-bond acceptors (Lipinski definition) is 3. The van der Waals surface area contributed by atoms with Crippen molar-refractivity contribution in [2.24, 2.45) is 5.92 Å². The van der Waals surface area contributed by atoms with Gasteiger partial charge in [0.15, 0.2) is 0 Å². The smallest absolute Gasteiger partial charge is 0.222 e. The topological polar surface area (TPSA) is 62.1 Å². The van der Waals surface area contributed by atoms with Crippen LogP contribution in [0.25, 0.3) is 0 Å². The zero-order chi connectivity index (χ0) is 12.7. The lowest BCUT2D eigenvalue weighted by Gasteiger charge is -2.09. The Morgan fingerprint density at radius 1 is 1.59 bits per heavy atom. The van der Waals surface area contributed by atoms with Gasteiger partial charge in [-0.3, -0.25) is 4.79 Å². The Kier molecular flexibility index (Phi) is 5.02. The summed E-state index contributed by atoms with van der Waals surface area (Å²) in [5.41, 5.74) is 0.564. The second kappa shape index (κ2) is 6.54. The average molecular weight is 234 g/mol. The number of carbonyl (C=O) groups excluding carboxylic acids is 1. The number of ether oxygens (including phenoxy) is 1. The highest BCUT2D eigenvalue weighted by Crippen LogP contribution is 2.11. The van der Waals surface area contributed by atoms with Gasteiger partial charge in [-0.05, 0) is 18.2 Å². The highest BCUT2D eigenvalue weighted by atomic mass is 16.5. The summed E-state index contributed by atoms with van der Waals surface area (Å²) in [5.74, 6) is 0.638. The maximum absolute atomic E-state index is 11.2. The number of hydrogen-bond donors (Lipinski definition) is 1. The fourth-order valence-electron chi connectivity index (χ4n) is 1.20. The van der Waals surface area contributed by atoms with Gasteiger partial charge < -0.3 is 10.1 Å². The van der Waals surface area contributed by atoms with E-state index in [-0.39, 0.29) is 13.3 Å². The van der Waals surface area contributed by atoms with Crippen molar-refractivity contribution in [2.45, 2.75) is 13.8 Å². The van der Waals surface area contributed by atoms with Gasteiger partial charge in [0.05, 0.1) is 18.2 Å². The summed E-state index contributed by atoms with van der Waals surface area (Å²) >= 11 is 0. The molecule has 0 aliphatic carbocycles. The molecule has 0 fully saturated rings. The van der Waals surface area contributed by atoms with E-state index in [1.54, 1.807) is 24.3 Å². The normalized spacial score (nSPS) is 9.76. The number of benzene rings is 1. The van der Waals surface area contributed by atoms with Gasteiger partial charge in [0.1, 0.15) is 12.4 Å². The van der Waals surface area contributed by atoms with E-state index in [0.717, 1.165) is 0 Å². The van der Waals surface area contributed by atoms with E-state index < -0.39 is 0 Å². The quantitative estimate of drug-likeness (QED) is 0.792. The molecule has 0 bridgehead atoms. The van der Waals surface area contributed by atoms with Gasteiger partial charge in [-0.1, -0.05) is 19.9 Å². The second-order valence-corrected chi connectivity index (χ2v) is 3.93. The van der Waals surface area contributed by atoms with Crippen LogP contribution < -0.4 is 10.1 Å². The van der Waals surface area contributed by atoms with Crippen LogP contribution in [0.1, 0.15) is 20.8 Å². The minimum absolute atomic E-state index is 0. The first kappa shape index (κ1) is 13.0. The standard InChI is InChI=1S/C13H16N2O2.H2/c1-10(2)13(16)15-6-7-17-12-5-3-4-11(8-12)9-14;/h3-5,8,10H,6-7H2,1-2H3,(H,15,16);1H. The van der Waals surface area contributed by atoms with Gasteiger partial charge in [-0.2, -0.15) is 5.26 Å². The molecular weight excluding hydrogens is 216 g/mol. The van der Waals surface area contributed by atoms with Crippen molar-refractivity contribution < 1.29 is 11.0 Å². The van der Waals surface area contributed by atoms with Gasteiger partial charge in [0.25, 0.3) is 0 Å². The van der Waals surface area contributed by atoms with Gasteiger partial charge in [0.2, 0.25) is 5.91 Å². The molecular formula is C13H18N2O2. The molecule has 0 saturated carbocycles. The van der Waals surface area contributed by atoms with Crippen molar-refractivity contribution in [2.75, 3.05) is 13.2 Å². The summed E-state index contributed by atoms with van der Waals surface area (Å²) in [6.45, 7) is 4.54. The first-order valence-corrected chi connectivity index (χ1v) is 5.54. The molecule has 1 aromatic rings. The molecule has 0 unspecified atom stereocenters. The number of rotatable bonds is 5. The van der Waals surface area contributed by atoms with Gasteiger partial charge in [-0.25, -0.2) is 0 Å². The average Bonchev–Trinajstić information content (AvgIpc) is 2.34. The SMILES string of the molecule is CC(C)C(=O)NCCOc1cccc(C#N)c1.[HH]. The van der Waals surface area contributed by atoms with Crippen LogP contribution in [-0.4, -0.2) is 19.1 Å². The Labute approximate surface area is 103 Å². The number of nitrogens with one attached hydrogen (secondary N) is 1. The van der Waals surface area contributed by atoms with Crippen LogP contribution in [-0.2, 0) is 4.79 Å². The number of amides is 1. The highest BCUT2D eigenvalue weighted by Gasteiger charge is 2.04. The fourth-order valence-corrected chi connectivity index (χ4v) is 1.20. The van der Waals surface area contributed by atoms with Crippen LogP contribution in [0, 0.1) is 17.2 Å². The van der Waals surface area contributed by atoms with Gasteiger partial charge >= 0.3 is 0 Å². The molecule has 1 rings (SSSR count). The van der Waals surface area contributed by atoms with E-state index in [2.05, 4.69) is 5.32 Å². The number of carbonyl (C=O) groups is 1. The van der Waals surface area contributed by atoms with Crippen molar-refractivity contribution in [3.8, 4) is 11.8 Å². The maximum atomic E-state index is 11.2. The minimum Gasteiger partial charge on any atom is -0.492 e. The van der Waals surface area contributed by atoms with E-state index in [1.807, 2.05) is 19.9 Å². The Balaban J connectivity index is 0.00000289. The summed E-state index contributed by atoms with van der Waals surface area (Å²) in [5, 5.41) is 11.5. The third-order valence-electron chi connectivity index (χ3n) is 2.16. The predicted octanol–water partition coefficient (Wildman–Crippen LogP) is 1.96. The molecule has 0 heterocycles. The molecule has 0 aliphatic rings. The lowest BCUT2D eigenvalue weighted by atomic mass is 10.2. The van der Waals surface area contributed by atoms with E-state index in [1.165, 1.54) is 0 Å². The molecule has 0 aliphatic heterocycles. The molecule has 1 aromatic carbocycles. The minimum atomic E-state index is -0.0167. The zero-order valence-corrected chi connectivity index (χ0v) is 10.1. The molecule has 1 N–H and O–H groups in total. The van der Waals surface area contributed by atoms with Crippen molar-refractivity contribution in [1.82, 2.24) is 5.32 Å². The van der Waals surface area contributed by atoms with Crippen LogP contribution in [0.15, 0.2) is 24.3 Å². The van der Waals surface area contributed by atoms with E-state index >= 15 is 0 Å². The predicted molar refractivity (Wildman–Crippen MR) is 66.6 cm³/mol. The van der Waals surface area contributed by atoms with Crippen LogP contribution in [0.2, 0.25) is 0 Å². The second-order valence-electron chi connectivity index (χ2n) is 3.93. The summed E-state index contributed by atoms with van der Waals surface area (Å²) in [7, 11) is 0. The summed E-state index contributed by atoms with van der Waals surface area (Å²) in [6, 6.07) is 8.98. The lowest BCUT2D eigenvalue weighted by molar-refractivity contribution is -0.124. The van der Waals surface area contributed by atoms with E-state index in [9.17, 15) is 4.79 Å². The molecule has 0 saturated heterocycles. The highest BCUT2D eigenvalue weighted by molar-refractivity contribution is 5.77. The van der Waals surface area contributed by atoms with Gasteiger partial charge in [-0.15, -0.1) is 0 Å². The van der Waals surface area contributed by atoms with Crippen LogP contribution >= 0.6 is 0 Å². The van der Waals surface area contributed by atoms with E-state index in [0.29, 0.717) is 24.5 Å². The summed E-state index contributed by atoms with van der Waals surface area (Å²) < 4.78 is 5.41. The monoisotopic (exact) mass is 234 g/mol. The molecule has 4 heteroatoms. The summed E-state index contributed by atoms with van der Waals surface area (Å²) in [4.78, 5) is 11.2. The molecule has 0 radical (unpaired) electrons. The van der Waals surface area contributed by atoms with Crippen molar-refractivity contribution in [3.63, 3.8) is 0 Å². The number of nitriles is 1. The first-order valence-electron chi connectivity index (χ1n) is 5.54. The molecule has 0 atom stereocenters. The molecule has 0 aromatic heterocycles. The van der Waals surface area contributed by atoms with Crippen LogP contribution in [0.5, 0.6) is 5.75 Å². The van der Waals surface area contributed by atoms with Gasteiger partial charge in [0, 0.05) is 7.34 Å². The maximum Gasteiger partial charge on any atom is 0.222 e. The largest absolute Gasteiger partial charge is 0.492 e. The number of nitrogens with zero attached hydrogens (tertiary/aromatic N) is 1. The molecule has 92 valence electrons. The first-order chi connectivity index (χ1) is 8.13. The lowest BCUT2D eigenvalue weighted by Crippen LogP contribution is -2.31. The fraction of sp³-hybridized carbons (Fsp3) is 0.385. The van der Waals surface area contributed by atoms with Crippen molar-refractivity contribution in [3.05, 3.63) is 29.8 Å². The third-order valence-corrected chi connectivity index (χ3v) is 2.16. The van der Waals surface area contributed by atoms with Crippen molar-refractivity contribution in [1.29, 1.82) is 5.26 Å². The molecule has 0 spiro atoms. The van der Waals surface area contributed by atoms with E-state index in [4.69, 9.17) is 10.00 Å². The Morgan fingerprint density at radius 3 is 3.00 bits per heavy atom. The molecule has 4 nitrogen and oxygen atoms in total. The Morgan fingerprint density at radius 2 is 2.35 bits per heavy atom. The molecule has 17 heavy (non-hydrogen) atoms. The van der Waals surface area contributed by atoms with Crippen molar-refractivity contribution >= 4 is 5.91 Å². The zero-order valence-electron chi connectivity index (χ0n) is 10.1. The summed E-state index contributed by atoms with van der Waals surface area (Å²) in [6.07, 6.45) is 0. The van der Waals surface area contributed by atoms with Crippen LogP contribution in [0.3, 0.4) is 0 Å². The molecule has 1 amide bonds. The Hall–Kier alpha value is -2.02. The Bertz CT molecular complexity index is 427. The van der Waals surface area contributed by atoms with Crippen LogP contribution in [0.4, 0.5) is 0 Å². The third kappa shape index (κ3) is 4.56.